The largest absolute Gasteiger partial charge is 0.416 e. The smallest absolute Gasteiger partial charge is 0.393 e. The Bertz CT molecular complexity index is 1210. The molecule has 164 valence electrons. The zero-order valence-corrected chi connectivity index (χ0v) is 16.1. The van der Waals surface area contributed by atoms with Crippen LogP contribution < -0.4 is 16.4 Å². The van der Waals surface area contributed by atoms with Crippen LogP contribution in [0, 0.1) is 10.1 Å². The topological polar surface area (TPSA) is 127 Å². The first-order valence-electron chi connectivity index (χ1n) is 8.98. The highest BCUT2D eigenvalue weighted by Gasteiger charge is 2.30. The fourth-order valence-corrected chi connectivity index (χ4v) is 2.76. The number of nitro groups is 1. The fraction of sp³-hybridized carbons (Fsp3) is 0.0476. The molecule has 0 radical (unpaired) electrons. The third-order valence-electron chi connectivity index (χ3n) is 4.32. The summed E-state index contributed by atoms with van der Waals surface area (Å²) in [6.07, 6.45) is -4.55. The number of hydrogen-bond acceptors (Lipinski definition) is 5. The van der Waals surface area contributed by atoms with Crippen molar-refractivity contribution in [2.45, 2.75) is 6.18 Å². The second-order valence-electron chi connectivity index (χ2n) is 6.60. The molecule has 0 unspecified atom stereocenters. The zero-order valence-electron chi connectivity index (χ0n) is 16.1. The molecule has 32 heavy (non-hydrogen) atoms. The number of hydrogen-bond donors (Lipinski definition) is 3. The van der Waals surface area contributed by atoms with Crippen molar-refractivity contribution >= 4 is 34.6 Å². The summed E-state index contributed by atoms with van der Waals surface area (Å²) in [5.74, 6) is -1.37. The number of alkyl halides is 3. The molecular weight excluding hydrogens is 429 g/mol. The maximum Gasteiger partial charge on any atom is 0.416 e. The van der Waals surface area contributed by atoms with Crippen LogP contribution in [0.1, 0.15) is 26.3 Å². The number of nitro benzene ring substituents is 1. The number of nitrogen functional groups attached to an aromatic ring is 1. The minimum absolute atomic E-state index is 0.0234. The SMILES string of the molecule is Nc1ccc(C(=O)Nc2cccc(C(=O)Nc3cccc(C(F)(F)F)c3)c2)cc1[N+](=O)[O-]. The molecule has 2 amide bonds. The molecule has 8 nitrogen and oxygen atoms in total. The molecule has 0 saturated heterocycles. The Morgan fingerprint density at radius 1 is 0.844 bits per heavy atom. The van der Waals surface area contributed by atoms with Crippen LogP contribution in [0.5, 0.6) is 0 Å². The van der Waals surface area contributed by atoms with E-state index in [9.17, 15) is 32.9 Å². The van der Waals surface area contributed by atoms with E-state index in [-0.39, 0.29) is 28.2 Å². The lowest BCUT2D eigenvalue weighted by atomic mass is 10.1. The first kappa shape index (κ1) is 22.3. The number of nitrogens with zero attached hydrogens (tertiary/aromatic N) is 1. The molecule has 0 aliphatic heterocycles. The van der Waals surface area contributed by atoms with Gasteiger partial charge in [-0.2, -0.15) is 13.2 Å². The molecule has 0 bridgehead atoms. The number of anilines is 3. The molecule has 0 heterocycles. The summed E-state index contributed by atoms with van der Waals surface area (Å²) >= 11 is 0. The van der Waals surface area contributed by atoms with Crippen LogP contribution in [0.4, 0.5) is 35.9 Å². The van der Waals surface area contributed by atoms with Gasteiger partial charge in [-0.25, -0.2) is 0 Å². The molecule has 0 spiro atoms. The highest BCUT2D eigenvalue weighted by Crippen LogP contribution is 2.31. The summed E-state index contributed by atoms with van der Waals surface area (Å²) in [6.45, 7) is 0. The standard InChI is InChI=1S/C21H15F3N4O4/c22-21(23,24)14-4-2-6-16(11-14)27-19(29)12-3-1-5-15(9-12)26-20(30)13-7-8-17(25)18(10-13)28(31)32/h1-11H,25H2,(H,26,30)(H,27,29). The van der Waals surface area contributed by atoms with Gasteiger partial charge in [-0.1, -0.05) is 12.1 Å². The van der Waals surface area contributed by atoms with Crippen LogP contribution in [0.15, 0.2) is 66.7 Å². The Morgan fingerprint density at radius 3 is 2.00 bits per heavy atom. The lowest BCUT2D eigenvalue weighted by molar-refractivity contribution is -0.383. The number of nitrogens with one attached hydrogen (secondary N) is 2. The van der Waals surface area contributed by atoms with Gasteiger partial charge in [0.1, 0.15) is 5.69 Å². The number of amides is 2. The van der Waals surface area contributed by atoms with Crippen molar-refractivity contribution in [2.75, 3.05) is 16.4 Å². The van der Waals surface area contributed by atoms with E-state index in [0.717, 1.165) is 18.2 Å². The maximum absolute atomic E-state index is 12.8. The Labute approximate surface area is 179 Å². The van der Waals surface area contributed by atoms with Crippen molar-refractivity contribution in [3.8, 4) is 0 Å². The highest BCUT2D eigenvalue weighted by atomic mass is 19.4. The predicted octanol–water partition coefficient (Wildman–Crippen LogP) is 4.70. The molecule has 0 aromatic heterocycles. The summed E-state index contributed by atoms with van der Waals surface area (Å²) in [4.78, 5) is 35.1. The maximum atomic E-state index is 12.8. The summed E-state index contributed by atoms with van der Waals surface area (Å²) in [7, 11) is 0. The van der Waals surface area contributed by atoms with Gasteiger partial charge in [0.15, 0.2) is 0 Å². The molecule has 4 N–H and O–H groups in total. The van der Waals surface area contributed by atoms with Crippen molar-refractivity contribution in [2.24, 2.45) is 0 Å². The van der Waals surface area contributed by atoms with Crippen LogP contribution in [0.25, 0.3) is 0 Å². The number of rotatable bonds is 5. The van der Waals surface area contributed by atoms with E-state index in [4.69, 9.17) is 5.73 Å². The van der Waals surface area contributed by atoms with Gasteiger partial charge in [0.05, 0.1) is 10.5 Å². The van der Waals surface area contributed by atoms with Gasteiger partial charge < -0.3 is 16.4 Å². The third-order valence-corrected chi connectivity index (χ3v) is 4.32. The van der Waals surface area contributed by atoms with Crippen molar-refractivity contribution < 1.29 is 27.7 Å². The van der Waals surface area contributed by atoms with Crippen LogP contribution in [-0.4, -0.2) is 16.7 Å². The predicted molar refractivity (Wildman–Crippen MR) is 111 cm³/mol. The van der Waals surface area contributed by atoms with Crippen molar-refractivity contribution in [1.29, 1.82) is 0 Å². The molecular formula is C21H15F3N4O4. The number of nitrogens with two attached hydrogens (primary N) is 1. The number of carbonyl (C=O) groups is 2. The van der Waals surface area contributed by atoms with Crippen molar-refractivity contribution in [3.63, 3.8) is 0 Å². The zero-order chi connectivity index (χ0) is 23.5. The fourth-order valence-electron chi connectivity index (χ4n) is 2.76. The van der Waals surface area contributed by atoms with Crippen LogP contribution in [0.3, 0.4) is 0 Å². The van der Waals surface area contributed by atoms with Gasteiger partial charge in [-0.05, 0) is 48.5 Å². The molecule has 3 aromatic carbocycles. The minimum Gasteiger partial charge on any atom is -0.393 e. The quantitative estimate of drug-likeness (QED) is 0.299. The van der Waals surface area contributed by atoms with Gasteiger partial charge in [0.2, 0.25) is 0 Å². The summed E-state index contributed by atoms with van der Waals surface area (Å²) in [5, 5.41) is 15.9. The van der Waals surface area contributed by atoms with Gasteiger partial charge in [-0.15, -0.1) is 0 Å². The lowest BCUT2D eigenvalue weighted by Crippen LogP contribution is -2.15. The Morgan fingerprint density at radius 2 is 1.41 bits per heavy atom. The summed E-state index contributed by atoms with van der Waals surface area (Å²) < 4.78 is 38.5. The molecule has 0 aliphatic rings. The number of halogens is 3. The summed E-state index contributed by atoms with van der Waals surface area (Å²) in [6, 6.07) is 13.4. The van der Waals surface area contributed by atoms with Gasteiger partial charge >= 0.3 is 6.18 Å². The monoisotopic (exact) mass is 444 g/mol. The minimum atomic E-state index is -4.55. The van der Waals surface area contributed by atoms with E-state index >= 15 is 0 Å². The van der Waals surface area contributed by atoms with E-state index in [2.05, 4.69) is 10.6 Å². The summed E-state index contributed by atoms with van der Waals surface area (Å²) in [5.41, 5.74) is 4.28. The van der Waals surface area contributed by atoms with Crippen LogP contribution in [0.2, 0.25) is 0 Å². The third kappa shape index (κ3) is 5.19. The normalized spacial score (nSPS) is 11.0. The van der Waals surface area contributed by atoms with E-state index < -0.39 is 34.2 Å². The van der Waals surface area contributed by atoms with Crippen LogP contribution >= 0.6 is 0 Å². The molecule has 0 atom stereocenters. The van der Waals surface area contributed by atoms with E-state index in [1.165, 1.54) is 48.5 Å². The number of benzene rings is 3. The Hall–Kier alpha value is -4.41. The molecule has 0 saturated carbocycles. The molecule has 3 rings (SSSR count). The van der Waals surface area contributed by atoms with Gasteiger partial charge in [0, 0.05) is 28.6 Å². The van der Waals surface area contributed by atoms with Gasteiger partial charge in [0.25, 0.3) is 17.5 Å². The average molecular weight is 444 g/mol. The first-order valence-corrected chi connectivity index (χ1v) is 8.98. The lowest BCUT2D eigenvalue weighted by Gasteiger charge is -2.11. The molecule has 0 aliphatic carbocycles. The second-order valence-corrected chi connectivity index (χ2v) is 6.60. The molecule has 0 fully saturated rings. The molecule has 11 heteroatoms. The van der Waals surface area contributed by atoms with E-state index in [1.807, 2.05) is 0 Å². The van der Waals surface area contributed by atoms with E-state index in [1.54, 1.807) is 0 Å². The van der Waals surface area contributed by atoms with Crippen LogP contribution in [-0.2, 0) is 6.18 Å². The Kier molecular flexibility index (Phi) is 6.10. The average Bonchev–Trinajstić information content (AvgIpc) is 2.73. The Balaban J connectivity index is 1.76. The van der Waals surface area contributed by atoms with Gasteiger partial charge in [-0.3, -0.25) is 19.7 Å². The number of carbonyl (C=O) groups excluding carboxylic acids is 2. The van der Waals surface area contributed by atoms with E-state index in [0.29, 0.717) is 0 Å². The molecule has 3 aromatic rings. The van der Waals surface area contributed by atoms with Crippen molar-refractivity contribution in [3.05, 3.63) is 93.5 Å². The highest BCUT2D eigenvalue weighted by molar-refractivity contribution is 6.07. The second kappa shape index (κ2) is 8.76. The van der Waals surface area contributed by atoms with Crippen molar-refractivity contribution in [1.82, 2.24) is 0 Å². The first-order chi connectivity index (χ1) is 15.0.